The summed E-state index contributed by atoms with van der Waals surface area (Å²) in [5.41, 5.74) is 4.56. The Hall–Kier alpha value is -6.68. The molecule has 0 aliphatic carbocycles. The second kappa shape index (κ2) is 13.1. The minimum atomic E-state index is -0.469. The number of benzene rings is 5. The Labute approximate surface area is 267 Å². The molecule has 10 nitrogen and oxygen atoms in total. The first-order valence-corrected chi connectivity index (χ1v) is 14.6. The molecule has 0 radical (unpaired) electrons. The van der Waals surface area contributed by atoms with E-state index in [1.54, 1.807) is 73.1 Å². The summed E-state index contributed by atoms with van der Waals surface area (Å²) in [5.74, 6) is -0.301. The predicted molar refractivity (Wildman–Crippen MR) is 179 cm³/mol. The van der Waals surface area contributed by atoms with Crippen LogP contribution in [-0.4, -0.2) is 31.0 Å². The van der Waals surface area contributed by atoms with Gasteiger partial charge in [-0.3, -0.25) is 29.8 Å². The van der Waals surface area contributed by atoms with Crippen LogP contribution in [0.25, 0.3) is 21.8 Å². The van der Waals surface area contributed by atoms with E-state index < -0.39 is 9.85 Å². The minimum Gasteiger partial charge on any atom is -0.360 e. The zero-order chi connectivity index (χ0) is 32.9. The van der Waals surface area contributed by atoms with Crippen molar-refractivity contribution in [2.75, 3.05) is 0 Å². The monoisotopic (exact) mass is 622 g/mol. The summed E-state index contributed by atoms with van der Waals surface area (Å²) in [6.07, 6.45) is 3.38. The van der Waals surface area contributed by atoms with E-state index in [9.17, 15) is 29.8 Å². The molecule has 0 saturated heterocycles. The first kappa shape index (κ1) is 30.4. The number of nitro benzene ring substituents is 2. The van der Waals surface area contributed by atoms with Crippen molar-refractivity contribution in [2.24, 2.45) is 0 Å². The van der Waals surface area contributed by atoms with Gasteiger partial charge in [0.05, 0.1) is 9.85 Å². The number of hydrogen-bond acceptors (Lipinski definition) is 6. The Balaban J connectivity index is 0.000000172. The first-order valence-electron chi connectivity index (χ1n) is 14.6. The molecule has 5 aromatic carbocycles. The lowest BCUT2D eigenvalue weighted by molar-refractivity contribution is -0.384. The van der Waals surface area contributed by atoms with Gasteiger partial charge in [0, 0.05) is 87.3 Å². The van der Waals surface area contributed by atoms with E-state index in [4.69, 9.17) is 0 Å². The molecule has 0 aliphatic rings. The number of nitro groups is 2. The zero-order valence-corrected chi connectivity index (χ0v) is 24.8. The van der Waals surface area contributed by atoms with Crippen molar-refractivity contribution < 1.29 is 19.4 Å². The third-order valence-electron chi connectivity index (χ3n) is 7.71. The molecule has 0 atom stereocenters. The molecule has 10 heteroatoms. The maximum Gasteiger partial charge on any atom is 0.270 e. The summed E-state index contributed by atoms with van der Waals surface area (Å²) >= 11 is 0. The molecule has 7 aromatic rings. The molecule has 0 unspecified atom stereocenters. The fourth-order valence-corrected chi connectivity index (χ4v) is 5.39. The molecular formula is C37H26N4O6. The largest absolute Gasteiger partial charge is 0.360 e. The summed E-state index contributed by atoms with van der Waals surface area (Å²) in [6, 6.07) is 36.8. The standard InChI is InChI=1S/C22H16N2O3.C15H10N2O3/c25-22(17-9-5-2-6-10-17)20-15-23(14-16-7-3-1-4-8-16)21-12-11-18(24(26)27)13-19(20)21;18-15(10-4-2-1-3-5-10)13-9-16-14-7-6-11(17(19)20)8-12(13)14/h1-13,15H,14H2;1-9,16H. The molecule has 0 aliphatic heterocycles. The molecule has 2 aromatic heterocycles. The van der Waals surface area contributed by atoms with Gasteiger partial charge in [0.15, 0.2) is 11.6 Å². The molecule has 230 valence electrons. The van der Waals surface area contributed by atoms with E-state index in [0.717, 1.165) is 11.1 Å². The van der Waals surface area contributed by atoms with E-state index in [0.29, 0.717) is 45.1 Å². The lowest BCUT2D eigenvalue weighted by atomic mass is 10.0. The Morgan fingerprint density at radius 3 is 1.70 bits per heavy atom. The molecule has 0 saturated carbocycles. The van der Waals surface area contributed by atoms with Crippen LogP contribution in [0.3, 0.4) is 0 Å². The molecule has 2 heterocycles. The van der Waals surface area contributed by atoms with E-state index in [2.05, 4.69) is 4.98 Å². The Kier molecular flexibility index (Phi) is 8.48. The number of aromatic amines is 1. The number of rotatable bonds is 8. The molecule has 0 spiro atoms. The number of hydrogen-bond donors (Lipinski definition) is 1. The van der Waals surface area contributed by atoms with Crippen molar-refractivity contribution in [3.63, 3.8) is 0 Å². The van der Waals surface area contributed by atoms with Gasteiger partial charge in [0.2, 0.25) is 0 Å². The van der Waals surface area contributed by atoms with Crippen molar-refractivity contribution in [1.29, 1.82) is 0 Å². The third-order valence-corrected chi connectivity index (χ3v) is 7.71. The SMILES string of the molecule is O=C(c1ccccc1)c1c[nH]c2ccc([N+](=O)[O-])cc12.O=C(c1ccccc1)c1cn(Cc2ccccc2)c2ccc([N+](=O)[O-])cc12. The van der Waals surface area contributed by atoms with Gasteiger partial charge in [0.25, 0.3) is 11.4 Å². The number of nitrogens with zero attached hydrogens (tertiary/aromatic N) is 3. The highest BCUT2D eigenvalue weighted by Crippen LogP contribution is 2.29. The van der Waals surface area contributed by atoms with Crippen LogP contribution in [0, 0.1) is 20.2 Å². The topological polar surface area (TPSA) is 141 Å². The van der Waals surface area contributed by atoms with Gasteiger partial charge in [-0.2, -0.15) is 0 Å². The van der Waals surface area contributed by atoms with Crippen molar-refractivity contribution >= 4 is 44.7 Å². The molecule has 0 bridgehead atoms. The number of ketones is 2. The normalized spacial score (nSPS) is 10.7. The summed E-state index contributed by atoms with van der Waals surface area (Å²) in [4.78, 5) is 49.5. The quantitative estimate of drug-likeness (QED) is 0.103. The van der Waals surface area contributed by atoms with E-state index in [1.807, 2.05) is 47.0 Å². The highest BCUT2D eigenvalue weighted by molar-refractivity contribution is 6.17. The number of non-ortho nitro benzene ring substituents is 2. The predicted octanol–water partition coefficient (Wildman–Crippen LogP) is 8.14. The lowest BCUT2D eigenvalue weighted by Crippen LogP contribution is -2.01. The van der Waals surface area contributed by atoms with E-state index in [-0.39, 0.29) is 22.9 Å². The summed E-state index contributed by atoms with van der Waals surface area (Å²) in [5, 5.41) is 23.2. The summed E-state index contributed by atoms with van der Waals surface area (Å²) in [6.45, 7) is 0.581. The first-order chi connectivity index (χ1) is 22.8. The molecule has 47 heavy (non-hydrogen) atoms. The Morgan fingerprint density at radius 1 is 0.617 bits per heavy atom. The van der Waals surface area contributed by atoms with Crippen molar-refractivity contribution in [3.05, 3.63) is 188 Å². The summed E-state index contributed by atoms with van der Waals surface area (Å²) < 4.78 is 1.96. The molecular weight excluding hydrogens is 596 g/mol. The van der Waals surface area contributed by atoms with Gasteiger partial charge in [-0.1, -0.05) is 91.0 Å². The van der Waals surface area contributed by atoms with Crippen LogP contribution in [0.2, 0.25) is 0 Å². The second-order valence-corrected chi connectivity index (χ2v) is 10.7. The third kappa shape index (κ3) is 6.43. The Morgan fingerprint density at radius 2 is 1.13 bits per heavy atom. The molecule has 7 rings (SSSR count). The van der Waals surface area contributed by atoms with Crippen LogP contribution in [0.15, 0.2) is 140 Å². The van der Waals surface area contributed by atoms with Crippen LogP contribution in [0.4, 0.5) is 11.4 Å². The molecule has 0 amide bonds. The van der Waals surface area contributed by atoms with Crippen molar-refractivity contribution in [2.45, 2.75) is 6.54 Å². The van der Waals surface area contributed by atoms with Crippen LogP contribution in [-0.2, 0) is 6.54 Å². The van der Waals surface area contributed by atoms with Crippen LogP contribution < -0.4 is 0 Å². The van der Waals surface area contributed by atoms with Gasteiger partial charge in [-0.15, -0.1) is 0 Å². The van der Waals surface area contributed by atoms with Crippen molar-refractivity contribution in [1.82, 2.24) is 9.55 Å². The lowest BCUT2D eigenvalue weighted by Gasteiger charge is -2.05. The minimum absolute atomic E-state index is 0.0259. The molecule has 1 N–H and O–H groups in total. The number of H-pyrrole nitrogens is 1. The summed E-state index contributed by atoms with van der Waals surface area (Å²) in [7, 11) is 0. The number of carbonyl (C=O) groups is 2. The zero-order valence-electron chi connectivity index (χ0n) is 24.8. The highest BCUT2D eigenvalue weighted by Gasteiger charge is 2.20. The fraction of sp³-hybridized carbons (Fsp3) is 0.0270. The van der Waals surface area contributed by atoms with Crippen LogP contribution in [0.1, 0.15) is 37.4 Å². The van der Waals surface area contributed by atoms with Gasteiger partial charge >= 0.3 is 0 Å². The van der Waals surface area contributed by atoms with E-state index in [1.165, 1.54) is 24.3 Å². The number of carbonyl (C=O) groups excluding carboxylic acids is 2. The maximum atomic E-state index is 13.0. The number of aromatic nitrogens is 2. The Bertz CT molecular complexity index is 2260. The number of nitrogens with one attached hydrogen (secondary N) is 1. The van der Waals surface area contributed by atoms with Gasteiger partial charge < -0.3 is 9.55 Å². The van der Waals surface area contributed by atoms with Gasteiger partial charge in [0.1, 0.15) is 0 Å². The highest BCUT2D eigenvalue weighted by atomic mass is 16.6. The van der Waals surface area contributed by atoms with Crippen LogP contribution in [0.5, 0.6) is 0 Å². The average Bonchev–Trinajstić information content (AvgIpc) is 3.70. The number of fused-ring (bicyclic) bond motifs is 2. The second-order valence-electron chi connectivity index (χ2n) is 10.7. The van der Waals surface area contributed by atoms with E-state index >= 15 is 0 Å². The van der Waals surface area contributed by atoms with Gasteiger partial charge in [-0.05, 0) is 17.7 Å². The van der Waals surface area contributed by atoms with Crippen LogP contribution >= 0.6 is 0 Å². The molecule has 0 fully saturated rings. The maximum absolute atomic E-state index is 13.0. The average molecular weight is 623 g/mol. The smallest absolute Gasteiger partial charge is 0.270 e. The van der Waals surface area contributed by atoms with Gasteiger partial charge in [-0.25, -0.2) is 0 Å². The van der Waals surface area contributed by atoms with Crippen molar-refractivity contribution in [3.8, 4) is 0 Å². The fourth-order valence-electron chi connectivity index (χ4n) is 5.39.